The fourth-order valence-electron chi connectivity index (χ4n) is 4.19. The Morgan fingerprint density at radius 3 is 2.24 bits per heavy atom. The summed E-state index contributed by atoms with van der Waals surface area (Å²) in [6, 6.07) is 8.93. The van der Waals surface area contributed by atoms with Crippen molar-refractivity contribution >= 4 is 25.8 Å². The standard InChI is InChI=1S/C13H13BrO2S/c14-12-9-6-8-10(12)11(8)13(9)17(15,16)7-4-2-1-3-5-7/h1-5,8-13H,6H2/t8-,9+,10?,11?,12-,13+/m1/s1. The molecule has 4 aliphatic rings. The van der Waals surface area contributed by atoms with Gasteiger partial charge in [0.15, 0.2) is 9.84 Å². The van der Waals surface area contributed by atoms with E-state index in [1.807, 2.05) is 18.2 Å². The van der Waals surface area contributed by atoms with Crippen LogP contribution < -0.4 is 0 Å². The van der Waals surface area contributed by atoms with Crippen LogP contribution in [0.5, 0.6) is 0 Å². The molecule has 4 saturated carbocycles. The van der Waals surface area contributed by atoms with Crippen LogP contribution in [0.1, 0.15) is 6.42 Å². The van der Waals surface area contributed by atoms with Gasteiger partial charge in [-0.05, 0) is 42.2 Å². The van der Waals surface area contributed by atoms with E-state index in [0.717, 1.165) is 6.42 Å². The summed E-state index contributed by atoms with van der Waals surface area (Å²) in [7, 11) is -3.12. The fraction of sp³-hybridized carbons (Fsp3) is 0.538. The summed E-state index contributed by atoms with van der Waals surface area (Å²) in [6.45, 7) is 0. The fourth-order valence-corrected chi connectivity index (χ4v) is 8.07. The molecule has 0 aromatic heterocycles. The molecule has 90 valence electrons. The Bertz CT molecular complexity index is 568. The van der Waals surface area contributed by atoms with Crippen LogP contribution in [-0.2, 0) is 9.84 Å². The summed E-state index contributed by atoms with van der Waals surface area (Å²) < 4.78 is 25.3. The third-order valence-electron chi connectivity index (χ3n) is 4.84. The number of benzene rings is 1. The van der Waals surface area contributed by atoms with Crippen LogP contribution in [0.15, 0.2) is 35.2 Å². The van der Waals surface area contributed by atoms with Gasteiger partial charge in [0.1, 0.15) is 0 Å². The first-order chi connectivity index (χ1) is 8.12. The van der Waals surface area contributed by atoms with E-state index in [4.69, 9.17) is 0 Å². The van der Waals surface area contributed by atoms with Crippen molar-refractivity contribution in [2.75, 3.05) is 0 Å². The molecule has 4 bridgehead atoms. The van der Waals surface area contributed by atoms with Crippen LogP contribution >= 0.6 is 15.9 Å². The van der Waals surface area contributed by atoms with Gasteiger partial charge >= 0.3 is 0 Å². The highest BCUT2D eigenvalue weighted by molar-refractivity contribution is 9.09. The average Bonchev–Trinajstić information content (AvgIpc) is 2.64. The number of sulfone groups is 1. The predicted molar refractivity (Wildman–Crippen MR) is 68.7 cm³/mol. The quantitative estimate of drug-likeness (QED) is 0.786. The van der Waals surface area contributed by atoms with E-state index in [-0.39, 0.29) is 5.25 Å². The number of hydrogen-bond donors (Lipinski definition) is 0. The summed E-state index contributed by atoms with van der Waals surface area (Å²) in [5.41, 5.74) is 0. The maximum atomic E-state index is 12.6. The van der Waals surface area contributed by atoms with Crippen LogP contribution in [0, 0.1) is 23.7 Å². The van der Waals surface area contributed by atoms with Gasteiger partial charge in [0.25, 0.3) is 0 Å². The lowest BCUT2D eigenvalue weighted by Crippen LogP contribution is -2.27. The Labute approximate surface area is 109 Å². The molecule has 0 aliphatic heterocycles. The lowest BCUT2D eigenvalue weighted by molar-refractivity contribution is 0.547. The Morgan fingerprint density at radius 1 is 1.06 bits per heavy atom. The van der Waals surface area contributed by atoms with E-state index >= 15 is 0 Å². The van der Waals surface area contributed by atoms with Gasteiger partial charge in [-0.2, -0.15) is 0 Å². The van der Waals surface area contributed by atoms with Gasteiger partial charge in [-0.3, -0.25) is 0 Å². The zero-order chi connectivity index (χ0) is 11.8. The zero-order valence-corrected chi connectivity index (χ0v) is 11.6. The molecule has 4 aliphatic carbocycles. The molecular weight excluding hydrogens is 300 g/mol. The highest BCUT2D eigenvalue weighted by Gasteiger charge is 2.75. The van der Waals surface area contributed by atoms with Gasteiger partial charge in [0.05, 0.1) is 10.1 Å². The average molecular weight is 313 g/mol. The van der Waals surface area contributed by atoms with Gasteiger partial charge in [-0.15, -0.1) is 0 Å². The van der Waals surface area contributed by atoms with Gasteiger partial charge in [-0.1, -0.05) is 34.1 Å². The van der Waals surface area contributed by atoms with Gasteiger partial charge in [0, 0.05) is 4.83 Å². The minimum atomic E-state index is -3.12. The molecule has 4 heteroatoms. The van der Waals surface area contributed by atoms with Crippen LogP contribution in [0.25, 0.3) is 0 Å². The number of hydrogen-bond acceptors (Lipinski definition) is 2. The first-order valence-corrected chi connectivity index (χ1v) is 8.51. The summed E-state index contributed by atoms with van der Waals surface area (Å²) in [4.78, 5) is 0.948. The van der Waals surface area contributed by atoms with Crippen molar-refractivity contribution in [3.05, 3.63) is 30.3 Å². The highest BCUT2D eigenvalue weighted by atomic mass is 79.9. The van der Waals surface area contributed by atoms with E-state index in [1.54, 1.807) is 12.1 Å². The monoisotopic (exact) mass is 312 g/mol. The largest absolute Gasteiger partial charge is 0.223 e. The highest BCUT2D eigenvalue weighted by Crippen LogP contribution is 2.74. The third-order valence-corrected chi connectivity index (χ3v) is 8.44. The third kappa shape index (κ3) is 1.18. The van der Waals surface area contributed by atoms with Crippen molar-refractivity contribution in [3.8, 4) is 0 Å². The minimum Gasteiger partial charge on any atom is -0.223 e. The van der Waals surface area contributed by atoms with E-state index in [0.29, 0.717) is 33.4 Å². The topological polar surface area (TPSA) is 34.1 Å². The molecule has 5 rings (SSSR count). The molecule has 0 amide bonds. The maximum Gasteiger partial charge on any atom is 0.181 e. The van der Waals surface area contributed by atoms with Crippen LogP contribution in [0.3, 0.4) is 0 Å². The number of alkyl halides is 1. The Morgan fingerprint density at radius 2 is 1.76 bits per heavy atom. The molecule has 0 N–H and O–H groups in total. The SMILES string of the molecule is O=S(=O)(c1ccccc1)[C@@H]1C2C3[C@H]2C[C@H]1[C@H]3Br. The molecule has 2 unspecified atom stereocenters. The molecule has 1 aromatic rings. The molecule has 2 nitrogen and oxygen atoms in total. The molecule has 0 saturated heterocycles. The normalized spacial score (nSPS) is 46.2. The molecule has 0 spiro atoms. The van der Waals surface area contributed by atoms with Crippen LogP contribution in [-0.4, -0.2) is 18.5 Å². The molecule has 17 heavy (non-hydrogen) atoms. The van der Waals surface area contributed by atoms with Crippen molar-refractivity contribution in [3.63, 3.8) is 0 Å². The second-order valence-corrected chi connectivity index (χ2v) is 8.65. The molecule has 0 heterocycles. The van der Waals surface area contributed by atoms with E-state index in [1.165, 1.54) is 0 Å². The van der Waals surface area contributed by atoms with E-state index in [9.17, 15) is 8.42 Å². The second kappa shape index (κ2) is 3.15. The maximum absolute atomic E-state index is 12.6. The molecule has 1 aromatic carbocycles. The van der Waals surface area contributed by atoms with Crippen molar-refractivity contribution in [2.45, 2.75) is 21.4 Å². The smallest absolute Gasteiger partial charge is 0.181 e. The van der Waals surface area contributed by atoms with E-state index < -0.39 is 9.84 Å². The van der Waals surface area contributed by atoms with E-state index in [2.05, 4.69) is 15.9 Å². The lowest BCUT2D eigenvalue weighted by Gasteiger charge is -2.17. The van der Waals surface area contributed by atoms with Crippen molar-refractivity contribution in [2.24, 2.45) is 23.7 Å². The van der Waals surface area contributed by atoms with Crippen molar-refractivity contribution < 1.29 is 8.42 Å². The van der Waals surface area contributed by atoms with Gasteiger partial charge in [-0.25, -0.2) is 8.42 Å². The first kappa shape index (κ1) is 10.6. The zero-order valence-electron chi connectivity index (χ0n) is 9.16. The minimum absolute atomic E-state index is 0.121. The Kier molecular flexibility index (Phi) is 1.96. The molecular formula is C13H13BrO2S. The molecule has 6 atom stereocenters. The summed E-state index contributed by atoms with van der Waals surface area (Å²) in [5, 5.41) is -0.121. The summed E-state index contributed by atoms with van der Waals surface area (Å²) >= 11 is 3.69. The van der Waals surface area contributed by atoms with Crippen LogP contribution in [0.4, 0.5) is 0 Å². The lowest BCUT2D eigenvalue weighted by atomic mass is 10.1. The molecule has 4 fully saturated rings. The second-order valence-electron chi connectivity index (χ2n) is 5.49. The molecule has 0 radical (unpaired) electrons. The Hall–Kier alpha value is -0.350. The predicted octanol–water partition coefficient (Wildman–Crippen LogP) is 2.49. The number of halogens is 1. The first-order valence-electron chi connectivity index (χ1n) is 6.05. The number of rotatable bonds is 2. The van der Waals surface area contributed by atoms with Crippen molar-refractivity contribution in [1.29, 1.82) is 0 Å². The summed E-state index contributed by atoms with van der Waals surface area (Å²) in [6.07, 6.45) is 1.11. The van der Waals surface area contributed by atoms with Crippen LogP contribution in [0.2, 0.25) is 0 Å². The van der Waals surface area contributed by atoms with Crippen molar-refractivity contribution in [1.82, 2.24) is 0 Å². The van der Waals surface area contributed by atoms with Gasteiger partial charge in [0.2, 0.25) is 0 Å². The summed E-state index contributed by atoms with van der Waals surface area (Å²) in [5.74, 6) is 2.12. The Balaban J connectivity index is 1.78. The van der Waals surface area contributed by atoms with Gasteiger partial charge < -0.3 is 0 Å².